The quantitative estimate of drug-likeness (QED) is 0.463. The highest BCUT2D eigenvalue weighted by molar-refractivity contribution is 5.94. The van der Waals surface area contributed by atoms with E-state index >= 15 is 0 Å². The zero-order valence-corrected chi connectivity index (χ0v) is 15.8. The molecule has 0 atom stereocenters. The molecule has 1 amide bonds. The summed E-state index contributed by atoms with van der Waals surface area (Å²) >= 11 is 0. The van der Waals surface area contributed by atoms with E-state index in [1.54, 1.807) is 13.2 Å². The van der Waals surface area contributed by atoms with Gasteiger partial charge in [-0.25, -0.2) is 5.43 Å². The zero-order chi connectivity index (χ0) is 19.8. The Morgan fingerprint density at radius 2 is 2.00 bits per heavy atom. The lowest BCUT2D eigenvalue weighted by Gasteiger charge is -2.04. The number of ether oxygens (including phenoxy) is 2. The molecule has 7 nitrogen and oxygen atoms in total. The summed E-state index contributed by atoms with van der Waals surface area (Å²) in [6.07, 6.45) is 2.49. The molecule has 0 aliphatic rings. The summed E-state index contributed by atoms with van der Waals surface area (Å²) in [6, 6.07) is 16.7. The molecule has 0 radical (unpaired) electrons. The summed E-state index contributed by atoms with van der Waals surface area (Å²) in [6.45, 7) is 2.74. The molecule has 0 spiro atoms. The van der Waals surface area contributed by atoms with Crippen LogP contribution >= 0.6 is 0 Å². The molecule has 0 fully saturated rings. The van der Waals surface area contributed by atoms with Crippen molar-refractivity contribution in [2.75, 3.05) is 13.7 Å². The first-order chi connectivity index (χ1) is 13.7. The highest BCUT2D eigenvalue weighted by atomic mass is 16.5. The van der Waals surface area contributed by atoms with Crippen LogP contribution in [0, 0.1) is 0 Å². The largest absolute Gasteiger partial charge is 0.496 e. The second-order valence-electron chi connectivity index (χ2n) is 5.98. The predicted octanol–water partition coefficient (Wildman–Crippen LogP) is 3.64. The minimum Gasteiger partial charge on any atom is -0.496 e. The van der Waals surface area contributed by atoms with Crippen LogP contribution in [0.15, 0.2) is 59.7 Å². The number of benzene rings is 2. The maximum absolute atomic E-state index is 12.3. The van der Waals surface area contributed by atoms with Crippen LogP contribution in [-0.2, 0) is 0 Å². The molecular weight excluding hydrogens is 356 g/mol. The van der Waals surface area contributed by atoms with Crippen molar-refractivity contribution in [2.24, 2.45) is 5.10 Å². The molecule has 0 saturated carbocycles. The third kappa shape index (κ3) is 4.76. The number of aromatic amines is 1. The molecular formula is C21H22N4O3. The van der Waals surface area contributed by atoms with Gasteiger partial charge in [0.05, 0.1) is 25.6 Å². The number of methoxy groups -OCH3 is 1. The van der Waals surface area contributed by atoms with E-state index in [2.05, 4.69) is 27.6 Å². The minimum absolute atomic E-state index is 0.318. The van der Waals surface area contributed by atoms with Crippen molar-refractivity contribution in [1.29, 1.82) is 0 Å². The van der Waals surface area contributed by atoms with E-state index in [9.17, 15) is 4.79 Å². The highest BCUT2D eigenvalue weighted by Crippen LogP contribution is 2.21. The number of H-pyrrole nitrogens is 1. The lowest BCUT2D eigenvalue weighted by Crippen LogP contribution is -2.18. The summed E-state index contributed by atoms with van der Waals surface area (Å²) in [5.41, 5.74) is 5.12. The van der Waals surface area contributed by atoms with Crippen molar-refractivity contribution in [1.82, 2.24) is 15.6 Å². The fraction of sp³-hybridized carbons (Fsp3) is 0.190. The fourth-order valence-corrected chi connectivity index (χ4v) is 2.52. The molecule has 3 rings (SSSR count). The number of carbonyl (C=O) groups excluding carboxylic acids is 1. The van der Waals surface area contributed by atoms with Crippen LogP contribution < -0.4 is 14.9 Å². The van der Waals surface area contributed by atoms with Gasteiger partial charge in [-0.3, -0.25) is 9.89 Å². The Morgan fingerprint density at radius 3 is 2.75 bits per heavy atom. The second-order valence-corrected chi connectivity index (χ2v) is 5.98. The number of nitrogens with zero attached hydrogens (tertiary/aromatic N) is 2. The number of hydrazone groups is 1. The monoisotopic (exact) mass is 378 g/mol. The third-order valence-corrected chi connectivity index (χ3v) is 3.95. The van der Waals surface area contributed by atoms with Gasteiger partial charge in [-0.2, -0.15) is 10.2 Å². The highest BCUT2D eigenvalue weighted by Gasteiger charge is 2.10. The lowest BCUT2D eigenvalue weighted by molar-refractivity contribution is 0.0950. The van der Waals surface area contributed by atoms with Crippen molar-refractivity contribution in [2.45, 2.75) is 13.3 Å². The van der Waals surface area contributed by atoms with Gasteiger partial charge in [-0.05, 0) is 48.9 Å². The number of aromatic nitrogens is 2. The van der Waals surface area contributed by atoms with Crippen molar-refractivity contribution in [3.8, 4) is 22.8 Å². The lowest BCUT2D eigenvalue weighted by atomic mass is 10.1. The van der Waals surface area contributed by atoms with Gasteiger partial charge in [-0.1, -0.05) is 19.1 Å². The third-order valence-electron chi connectivity index (χ3n) is 3.95. The van der Waals surface area contributed by atoms with Gasteiger partial charge >= 0.3 is 0 Å². The Morgan fingerprint density at radius 1 is 1.21 bits per heavy atom. The summed E-state index contributed by atoms with van der Waals surface area (Å²) in [4.78, 5) is 12.3. The van der Waals surface area contributed by atoms with E-state index in [1.165, 1.54) is 6.21 Å². The van der Waals surface area contributed by atoms with Gasteiger partial charge in [-0.15, -0.1) is 0 Å². The molecule has 7 heteroatoms. The Balaban J connectivity index is 1.63. The molecule has 0 saturated heterocycles. The van der Waals surface area contributed by atoms with Crippen LogP contribution in [0.3, 0.4) is 0 Å². The number of carbonyl (C=O) groups is 1. The van der Waals surface area contributed by atoms with E-state index in [-0.39, 0.29) is 5.91 Å². The summed E-state index contributed by atoms with van der Waals surface area (Å²) < 4.78 is 10.8. The van der Waals surface area contributed by atoms with Crippen LogP contribution in [0.1, 0.15) is 29.4 Å². The Kier molecular flexibility index (Phi) is 6.41. The smallest absolute Gasteiger partial charge is 0.289 e. The predicted molar refractivity (Wildman–Crippen MR) is 108 cm³/mol. The topological polar surface area (TPSA) is 88.6 Å². The van der Waals surface area contributed by atoms with Crippen LogP contribution in [0.4, 0.5) is 0 Å². The SMILES string of the molecule is CCCOc1ccc(-c2cc(C(=O)N/N=C/c3ccccc3OC)[nH]n2)cc1. The molecule has 28 heavy (non-hydrogen) atoms. The van der Waals surface area contributed by atoms with E-state index in [0.717, 1.165) is 23.3 Å². The average molecular weight is 378 g/mol. The normalized spacial score (nSPS) is 10.8. The number of amides is 1. The van der Waals surface area contributed by atoms with Gasteiger partial charge in [0, 0.05) is 11.1 Å². The Bertz CT molecular complexity index is 948. The zero-order valence-electron chi connectivity index (χ0n) is 15.8. The van der Waals surface area contributed by atoms with Gasteiger partial charge in [0.15, 0.2) is 0 Å². The van der Waals surface area contributed by atoms with Crippen LogP contribution in [-0.4, -0.2) is 36.0 Å². The van der Waals surface area contributed by atoms with Gasteiger partial charge in [0.25, 0.3) is 5.91 Å². The Hall–Kier alpha value is -3.61. The first-order valence-corrected chi connectivity index (χ1v) is 8.96. The van der Waals surface area contributed by atoms with E-state index in [4.69, 9.17) is 9.47 Å². The molecule has 3 aromatic rings. The number of hydrogen-bond donors (Lipinski definition) is 2. The van der Waals surface area contributed by atoms with Gasteiger partial charge in [0.1, 0.15) is 17.2 Å². The van der Waals surface area contributed by atoms with Gasteiger partial charge < -0.3 is 9.47 Å². The summed E-state index contributed by atoms with van der Waals surface area (Å²) in [7, 11) is 1.58. The second kappa shape index (κ2) is 9.36. The average Bonchev–Trinajstić information content (AvgIpc) is 3.23. The van der Waals surface area contributed by atoms with E-state index < -0.39 is 0 Å². The van der Waals surface area contributed by atoms with E-state index in [1.807, 2.05) is 48.5 Å². The molecule has 0 bridgehead atoms. The fourth-order valence-electron chi connectivity index (χ4n) is 2.52. The molecule has 2 N–H and O–H groups in total. The summed E-state index contributed by atoms with van der Waals surface area (Å²) in [5, 5.41) is 10.9. The van der Waals surface area contributed by atoms with Gasteiger partial charge in [0.2, 0.25) is 0 Å². The first kappa shape index (κ1) is 19.2. The first-order valence-electron chi connectivity index (χ1n) is 8.96. The van der Waals surface area contributed by atoms with Crippen LogP contribution in [0.5, 0.6) is 11.5 Å². The van der Waals surface area contributed by atoms with Crippen LogP contribution in [0.2, 0.25) is 0 Å². The number of hydrogen-bond acceptors (Lipinski definition) is 5. The number of rotatable bonds is 8. The molecule has 0 aliphatic carbocycles. The molecule has 0 aliphatic heterocycles. The maximum atomic E-state index is 12.3. The van der Waals surface area contributed by atoms with Crippen LogP contribution in [0.25, 0.3) is 11.3 Å². The molecule has 2 aromatic carbocycles. The summed E-state index contributed by atoms with van der Waals surface area (Å²) in [5.74, 6) is 1.10. The number of nitrogens with one attached hydrogen (secondary N) is 2. The standard InChI is InChI=1S/C21H22N4O3/c1-3-12-28-17-10-8-15(9-11-17)18-13-19(24-23-18)21(26)25-22-14-16-6-4-5-7-20(16)27-2/h4-11,13-14H,3,12H2,1-2H3,(H,23,24)(H,25,26)/b22-14+. The van der Waals surface area contributed by atoms with Crippen molar-refractivity contribution in [3.05, 3.63) is 65.9 Å². The maximum Gasteiger partial charge on any atom is 0.289 e. The molecule has 1 aromatic heterocycles. The van der Waals surface area contributed by atoms with E-state index in [0.29, 0.717) is 23.7 Å². The number of para-hydroxylation sites is 1. The van der Waals surface area contributed by atoms with Crippen molar-refractivity contribution < 1.29 is 14.3 Å². The van der Waals surface area contributed by atoms with Crippen molar-refractivity contribution >= 4 is 12.1 Å². The Labute approximate surface area is 163 Å². The molecule has 1 heterocycles. The van der Waals surface area contributed by atoms with Crippen molar-refractivity contribution in [3.63, 3.8) is 0 Å². The molecule has 144 valence electrons. The minimum atomic E-state index is -0.382. The molecule has 0 unspecified atom stereocenters.